The van der Waals surface area contributed by atoms with Crippen LogP contribution in [0.1, 0.15) is 268 Å². The molecule has 0 radical (unpaired) electrons. The Hall–Kier alpha value is -9.80. The summed E-state index contributed by atoms with van der Waals surface area (Å²) in [5, 5.41) is 3.97. The molecule has 17 rings (SSSR count). The van der Waals surface area contributed by atoms with Gasteiger partial charge in [0.1, 0.15) is 46.0 Å². The van der Waals surface area contributed by atoms with Crippen molar-refractivity contribution in [1.82, 2.24) is 0 Å². The number of benzene rings is 11. The quantitative estimate of drug-likeness (QED) is 0.0919. The van der Waals surface area contributed by atoms with E-state index in [4.69, 9.17) is 18.9 Å². The Kier molecular flexibility index (Phi) is 19.3. The van der Waals surface area contributed by atoms with Gasteiger partial charge < -0.3 is 18.9 Å². The van der Waals surface area contributed by atoms with Crippen molar-refractivity contribution in [2.75, 3.05) is 9.80 Å². The summed E-state index contributed by atoms with van der Waals surface area (Å²) in [4.78, 5) is 70.1. The lowest BCUT2D eigenvalue weighted by atomic mass is 9.80. The number of rotatable bonds is 6. The summed E-state index contributed by atoms with van der Waals surface area (Å²) in [5.74, 6) is 1.59. The zero-order chi connectivity index (χ0) is 70.4. The number of aryl methyl sites for hydroxylation is 4. The molecule has 10 heteroatoms. The minimum absolute atomic E-state index is 0.0636. The number of hydrogen-bond donors (Lipinski definition) is 0. The summed E-state index contributed by atoms with van der Waals surface area (Å²) < 4.78 is 31.1. The molecule has 0 atom stereocenters. The zero-order valence-corrected chi connectivity index (χ0v) is 60.6. The van der Waals surface area contributed by atoms with E-state index in [-0.39, 0.29) is 45.9 Å². The summed E-state index contributed by atoms with van der Waals surface area (Å²) in [5.41, 5.74) is 9.77. The third kappa shape index (κ3) is 12.4. The molecule has 0 N–H and O–H groups in total. The van der Waals surface area contributed by atoms with Gasteiger partial charge in [-0.1, -0.05) is 242 Å². The molecule has 520 valence electrons. The Morgan fingerprint density at radius 2 is 0.461 bits per heavy atom. The van der Waals surface area contributed by atoms with Crippen molar-refractivity contribution in [2.24, 2.45) is 0 Å². The second kappa shape index (κ2) is 28.9. The van der Waals surface area contributed by atoms with E-state index in [9.17, 15) is 0 Å². The average molecular weight is 1360 g/mol. The number of para-hydroxylation sites is 6. The first-order valence-electron chi connectivity index (χ1n) is 38.1. The molecule has 6 aliphatic rings. The van der Waals surface area contributed by atoms with E-state index < -0.39 is 23.6 Å². The molecule has 0 saturated carbocycles. The molecule has 11 aromatic carbocycles. The fourth-order valence-corrected chi connectivity index (χ4v) is 16.9. The maximum Gasteiger partial charge on any atom is 0.266 e. The third-order valence-corrected chi connectivity index (χ3v) is 22.1. The summed E-state index contributed by atoms with van der Waals surface area (Å²) in [6.07, 6.45) is 20.1. The van der Waals surface area contributed by atoms with Crippen molar-refractivity contribution in [2.45, 2.75) is 207 Å². The topological polar surface area (TPSA) is 112 Å². The van der Waals surface area contributed by atoms with Crippen LogP contribution >= 0.6 is 0 Å². The van der Waals surface area contributed by atoms with Gasteiger partial charge in [0.2, 0.25) is 0 Å². The smallest absolute Gasteiger partial charge is 0.266 e. The van der Waals surface area contributed by atoms with Crippen LogP contribution in [-0.4, -0.2) is 23.6 Å². The first kappa shape index (κ1) is 68.0. The normalized spacial score (nSPS) is 16.2. The maximum atomic E-state index is 16.8. The van der Waals surface area contributed by atoms with E-state index in [1.807, 2.05) is 109 Å². The van der Waals surface area contributed by atoms with Crippen molar-refractivity contribution >= 4 is 78.1 Å². The minimum atomic E-state index is -0.489. The number of fused-ring (bicyclic) bond motifs is 18. The molecule has 0 saturated heterocycles. The molecular formula is C92H94N2O8. The largest absolute Gasteiger partial charge is 0.456 e. The molecule has 6 heterocycles. The number of amides is 4. The highest BCUT2D eigenvalue weighted by Crippen LogP contribution is 2.59. The van der Waals surface area contributed by atoms with Crippen molar-refractivity contribution in [3.8, 4) is 46.0 Å². The van der Waals surface area contributed by atoms with Gasteiger partial charge in [0.05, 0.1) is 33.6 Å². The molecule has 0 spiro atoms. The van der Waals surface area contributed by atoms with Crippen LogP contribution in [0.15, 0.2) is 158 Å². The third-order valence-electron chi connectivity index (χ3n) is 22.1. The molecule has 10 nitrogen and oxygen atoms in total. The van der Waals surface area contributed by atoms with Crippen LogP contribution in [0.4, 0.5) is 11.4 Å². The predicted octanol–water partition coefficient (Wildman–Crippen LogP) is 25.4. The van der Waals surface area contributed by atoms with Gasteiger partial charge in [-0.25, -0.2) is 9.80 Å². The molecular weight excluding hydrogens is 1260 g/mol. The summed E-state index contributed by atoms with van der Waals surface area (Å²) in [6, 6.07) is 52.5. The summed E-state index contributed by atoms with van der Waals surface area (Å²) in [7, 11) is 0. The Labute approximate surface area is 600 Å². The molecule has 4 amide bonds. The number of hydrogen-bond acceptors (Lipinski definition) is 8. The van der Waals surface area contributed by atoms with Crippen LogP contribution in [-0.2, 0) is 25.7 Å². The van der Waals surface area contributed by atoms with Crippen LogP contribution in [0.2, 0.25) is 0 Å². The highest BCUT2D eigenvalue weighted by molar-refractivity contribution is 6.48. The van der Waals surface area contributed by atoms with E-state index in [1.165, 1.54) is 9.80 Å². The molecule has 11 aromatic rings. The first-order valence-corrected chi connectivity index (χ1v) is 38.1. The van der Waals surface area contributed by atoms with Gasteiger partial charge in [0.15, 0.2) is 0 Å². The van der Waals surface area contributed by atoms with Gasteiger partial charge in [-0.05, 0) is 168 Å². The lowest BCUT2D eigenvalue weighted by Crippen LogP contribution is -2.42. The maximum absolute atomic E-state index is 16.8. The lowest BCUT2D eigenvalue weighted by molar-refractivity contribution is 0.0877. The van der Waals surface area contributed by atoms with Crippen molar-refractivity contribution in [1.29, 1.82) is 0 Å². The van der Waals surface area contributed by atoms with Crippen LogP contribution in [0.3, 0.4) is 0 Å². The SMILES string of the molecule is CC(C)c1cccc(C(C)C)c1N1C(=O)c2cc3c4c5c6cc7c8c(cc(c(c9c(cc(c2c49)C1=O)Oc1ccccc1CCCCCCCCCCc1ccccc1O6)c85)Oc1ccccc1CCCCCCCCCCc1ccccc1O3)C(=O)N(c1c(C(C)C)cccc1C(C)C)C7=O. The van der Waals surface area contributed by atoms with Crippen molar-refractivity contribution in [3.05, 3.63) is 224 Å². The Morgan fingerprint density at radius 3 is 0.686 bits per heavy atom. The number of imide groups is 2. The predicted molar refractivity (Wildman–Crippen MR) is 414 cm³/mol. The number of carbonyl (C=O) groups is 4. The Bertz CT molecular complexity index is 4480. The number of nitrogens with zero attached hydrogens (tertiary/aromatic N) is 2. The van der Waals surface area contributed by atoms with Crippen molar-refractivity contribution in [3.63, 3.8) is 0 Å². The van der Waals surface area contributed by atoms with Gasteiger partial charge >= 0.3 is 0 Å². The molecule has 0 unspecified atom stereocenters. The van der Waals surface area contributed by atoms with E-state index in [0.29, 0.717) is 100 Å². The van der Waals surface area contributed by atoms with Crippen LogP contribution in [0.25, 0.3) is 43.1 Å². The van der Waals surface area contributed by atoms with Gasteiger partial charge in [-0.2, -0.15) is 0 Å². The highest BCUT2D eigenvalue weighted by Gasteiger charge is 2.44. The van der Waals surface area contributed by atoms with E-state index in [0.717, 1.165) is 173 Å². The molecule has 102 heavy (non-hydrogen) atoms. The average Bonchev–Trinajstić information content (AvgIpc) is 0.670. The van der Waals surface area contributed by atoms with Crippen LogP contribution in [0, 0.1) is 0 Å². The molecule has 0 fully saturated rings. The Balaban J connectivity index is 1.16. The van der Waals surface area contributed by atoms with Crippen LogP contribution < -0.4 is 28.7 Å². The molecule has 10 bridgehead atoms. The van der Waals surface area contributed by atoms with Gasteiger partial charge in [0, 0.05) is 43.1 Å². The number of ether oxygens (including phenoxy) is 4. The first-order chi connectivity index (χ1) is 49.7. The van der Waals surface area contributed by atoms with Crippen molar-refractivity contribution < 1.29 is 38.1 Å². The second-order valence-electron chi connectivity index (χ2n) is 30.3. The zero-order valence-electron chi connectivity index (χ0n) is 60.6. The Morgan fingerprint density at radius 1 is 0.245 bits per heavy atom. The molecule has 0 aromatic heterocycles. The standard InChI is InChI=1S/C92H94N2O8/c1-55(2)63-43-33-44-64(56(3)4)87(63)93-89(95)67-51-75-81-84-78-54-70-80-69(91(97)94(92(70)98)88-65(57(5)6)45-34-46-66(88)58(7)8)53-77(101-73-49-31-27-41-61(73)37-23-19-15-11-9-13-17-21-35-59-39-25-29-47-71(59)99-75)83(86(80)84)82-76(52-68(90(93)96)79(67)85(81)82)100-72-48-30-26-40-60(72)36-22-18-14-10-12-16-20-24-38-62-42-28-32-50-74(62)102-78/h25-34,39-58H,9-24,35-38H2,1-8H3. The van der Waals surface area contributed by atoms with E-state index in [2.05, 4.69) is 104 Å². The second-order valence-corrected chi connectivity index (χ2v) is 30.3. The van der Waals surface area contributed by atoms with Gasteiger partial charge in [0.25, 0.3) is 23.6 Å². The van der Waals surface area contributed by atoms with E-state index >= 15 is 19.2 Å². The minimum Gasteiger partial charge on any atom is -0.456 e. The highest BCUT2D eigenvalue weighted by atomic mass is 16.5. The van der Waals surface area contributed by atoms with Gasteiger partial charge in [-0.15, -0.1) is 0 Å². The monoisotopic (exact) mass is 1350 g/mol. The van der Waals surface area contributed by atoms with Crippen LogP contribution in [0.5, 0.6) is 46.0 Å². The lowest BCUT2D eigenvalue weighted by Gasteiger charge is -2.35. The number of carbonyl (C=O) groups excluding carboxylic acids is 4. The van der Waals surface area contributed by atoms with E-state index in [1.54, 1.807) is 0 Å². The summed E-state index contributed by atoms with van der Waals surface area (Å²) in [6.45, 7) is 16.8. The molecule has 6 aliphatic heterocycles. The summed E-state index contributed by atoms with van der Waals surface area (Å²) >= 11 is 0. The van der Waals surface area contributed by atoms with Gasteiger partial charge in [-0.3, -0.25) is 19.2 Å². The fourth-order valence-electron chi connectivity index (χ4n) is 16.9. The number of anilines is 2. The fraction of sp³-hybridized carbons (Fsp3) is 0.348. The molecule has 0 aliphatic carbocycles.